The molecule has 3 nitrogen and oxygen atoms in total. The average Bonchev–Trinajstić information content (AvgIpc) is 2.47. The Morgan fingerprint density at radius 2 is 2.35 bits per heavy atom. The summed E-state index contributed by atoms with van der Waals surface area (Å²) in [7, 11) is 0. The second kappa shape index (κ2) is 7.60. The summed E-state index contributed by atoms with van der Waals surface area (Å²) in [6.07, 6.45) is 3.14. The Labute approximate surface area is 120 Å². The van der Waals surface area contributed by atoms with E-state index < -0.39 is 0 Å². The maximum Gasteiger partial charge on any atom is 0.124 e. The number of nitrogens with one attached hydrogen (secondary N) is 1. The Morgan fingerprint density at radius 3 is 3.05 bits per heavy atom. The van der Waals surface area contributed by atoms with Crippen LogP contribution < -0.4 is 10.1 Å². The SMILES string of the molecule is CCCNC(C)c1cc(F)ccc1OC1CCCOC1. The van der Waals surface area contributed by atoms with E-state index in [1.165, 1.54) is 6.07 Å². The third kappa shape index (κ3) is 4.18. The number of hydrogen-bond donors (Lipinski definition) is 1. The molecular formula is C16H24FNO2. The second-order valence-electron chi connectivity index (χ2n) is 5.31. The zero-order valence-corrected chi connectivity index (χ0v) is 12.3. The van der Waals surface area contributed by atoms with E-state index >= 15 is 0 Å². The monoisotopic (exact) mass is 281 g/mol. The van der Waals surface area contributed by atoms with Crippen molar-refractivity contribution in [3.05, 3.63) is 29.6 Å². The second-order valence-corrected chi connectivity index (χ2v) is 5.31. The number of hydrogen-bond acceptors (Lipinski definition) is 3. The van der Waals surface area contributed by atoms with Crippen LogP contribution in [-0.4, -0.2) is 25.9 Å². The first kappa shape index (κ1) is 15.3. The van der Waals surface area contributed by atoms with Crippen molar-refractivity contribution in [2.75, 3.05) is 19.8 Å². The lowest BCUT2D eigenvalue weighted by molar-refractivity contribution is 0.00683. The van der Waals surface area contributed by atoms with Gasteiger partial charge < -0.3 is 14.8 Å². The van der Waals surface area contributed by atoms with Gasteiger partial charge in [-0.1, -0.05) is 6.92 Å². The smallest absolute Gasteiger partial charge is 0.124 e. The van der Waals surface area contributed by atoms with Crippen molar-refractivity contribution < 1.29 is 13.9 Å². The van der Waals surface area contributed by atoms with Gasteiger partial charge in [-0.2, -0.15) is 0 Å². The molecule has 1 saturated heterocycles. The lowest BCUT2D eigenvalue weighted by Gasteiger charge is -2.26. The molecule has 0 bridgehead atoms. The maximum absolute atomic E-state index is 13.5. The first-order valence-corrected chi connectivity index (χ1v) is 7.48. The number of benzene rings is 1. The Hall–Kier alpha value is -1.13. The molecule has 0 aliphatic carbocycles. The van der Waals surface area contributed by atoms with E-state index in [9.17, 15) is 4.39 Å². The molecule has 1 fully saturated rings. The maximum atomic E-state index is 13.5. The lowest BCUT2D eigenvalue weighted by atomic mass is 10.1. The summed E-state index contributed by atoms with van der Waals surface area (Å²) < 4.78 is 24.9. The van der Waals surface area contributed by atoms with Crippen LogP contribution in [0.1, 0.15) is 44.7 Å². The van der Waals surface area contributed by atoms with Crippen LogP contribution in [0.25, 0.3) is 0 Å². The largest absolute Gasteiger partial charge is 0.488 e. The highest BCUT2D eigenvalue weighted by Gasteiger charge is 2.19. The highest BCUT2D eigenvalue weighted by molar-refractivity contribution is 5.36. The number of ether oxygens (including phenoxy) is 2. The fourth-order valence-electron chi connectivity index (χ4n) is 2.42. The van der Waals surface area contributed by atoms with Crippen molar-refractivity contribution in [2.45, 2.75) is 45.3 Å². The summed E-state index contributed by atoms with van der Waals surface area (Å²) in [4.78, 5) is 0. The van der Waals surface area contributed by atoms with Gasteiger partial charge in [0.15, 0.2) is 0 Å². The zero-order chi connectivity index (χ0) is 14.4. The molecule has 2 rings (SSSR count). The van der Waals surface area contributed by atoms with Gasteiger partial charge in [0.2, 0.25) is 0 Å². The quantitative estimate of drug-likeness (QED) is 0.866. The molecule has 1 aromatic carbocycles. The minimum atomic E-state index is -0.225. The fourth-order valence-corrected chi connectivity index (χ4v) is 2.42. The van der Waals surface area contributed by atoms with E-state index in [1.54, 1.807) is 12.1 Å². The number of rotatable bonds is 6. The highest BCUT2D eigenvalue weighted by atomic mass is 19.1. The van der Waals surface area contributed by atoms with Crippen molar-refractivity contribution in [1.29, 1.82) is 0 Å². The molecule has 0 spiro atoms. The van der Waals surface area contributed by atoms with Crippen LogP contribution in [0.2, 0.25) is 0 Å². The molecule has 0 aromatic heterocycles. The summed E-state index contributed by atoms with van der Waals surface area (Å²) in [6, 6.07) is 4.82. The molecule has 2 unspecified atom stereocenters. The standard InChI is InChI=1S/C16H24FNO2/c1-3-8-18-12(2)15-10-13(17)6-7-16(15)20-14-5-4-9-19-11-14/h6-7,10,12,14,18H,3-5,8-9,11H2,1-2H3. The topological polar surface area (TPSA) is 30.5 Å². The first-order valence-electron chi connectivity index (χ1n) is 7.48. The van der Waals surface area contributed by atoms with Crippen LogP contribution in [-0.2, 0) is 4.74 Å². The third-order valence-corrected chi connectivity index (χ3v) is 3.55. The molecule has 1 aromatic rings. The summed E-state index contributed by atoms with van der Waals surface area (Å²) in [6.45, 7) is 6.48. The normalized spacial score (nSPS) is 20.6. The molecular weight excluding hydrogens is 257 g/mol. The van der Waals surface area contributed by atoms with Gasteiger partial charge in [-0.25, -0.2) is 4.39 Å². The predicted octanol–water partition coefficient (Wildman–Crippen LogP) is 3.44. The number of halogens is 1. The molecule has 2 atom stereocenters. The van der Waals surface area contributed by atoms with Crippen molar-refractivity contribution in [3.8, 4) is 5.75 Å². The van der Waals surface area contributed by atoms with Crippen LogP contribution in [0.15, 0.2) is 18.2 Å². The van der Waals surface area contributed by atoms with E-state index in [2.05, 4.69) is 12.2 Å². The van der Waals surface area contributed by atoms with Gasteiger partial charge >= 0.3 is 0 Å². The van der Waals surface area contributed by atoms with E-state index in [4.69, 9.17) is 9.47 Å². The third-order valence-electron chi connectivity index (χ3n) is 3.55. The zero-order valence-electron chi connectivity index (χ0n) is 12.3. The minimum Gasteiger partial charge on any atom is -0.488 e. The van der Waals surface area contributed by atoms with Crippen LogP contribution in [0, 0.1) is 5.82 Å². The van der Waals surface area contributed by atoms with Gasteiger partial charge in [-0.15, -0.1) is 0 Å². The lowest BCUT2D eigenvalue weighted by Crippen LogP contribution is -2.29. The molecule has 1 heterocycles. The van der Waals surface area contributed by atoms with Crippen molar-refractivity contribution >= 4 is 0 Å². The van der Waals surface area contributed by atoms with Crippen LogP contribution in [0.4, 0.5) is 4.39 Å². The van der Waals surface area contributed by atoms with Gasteiger partial charge in [0.05, 0.1) is 6.61 Å². The molecule has 4 heteroatoms. The van der Waals surface area contributed by atoms with Crippen LogP contribution >= 0.6 is 0 Å². The first-order chi connectivity index (χ1) is 9.70. The van der Waals surface area contributed by atoms with E-state index in [1.807, 2.05) is 6.92 Å². The van der Waals surface area contributed by atoms with Crippen LogP contribution in [0.5, 0.6) is 5.75 Å². The molecule has 0 saturated carbocycles. The molecule has 1 N–H and O–H groups in total. The van der Waals surface area contributed by atoms with E-state index in [0.717, 1.165) is 43.7 Å². The van der Waals surface area contributed by atoms with Crippen LogP contribution in [0.3, 0.4) is 0 Å². The molecule has 1 aliphatic rings. The van der Waals surface area contributed by atoms with Gasteiger partial charge in [0.1, 0.15) is 17.7 Å². The van der Waals surface area contributed by atoms with Gasteiger partial charge in [-0.05, 0) is 50.9 Å². The Kier molecular flexibility index (Phi) is 5.80. The summed E-state index contributed by atoms with van der Waals surface area (Å²) in [5, 5.41) is 3.38. The Balaban J connectivity index is 2.09. The van der Waals surface area contributed by atoms with Crippen molar-refractivity contribution in [1.82, 2.24) is 5.32 Å². The molecule has 112 valence electrons. The van der Waals surface area contributed by atoms with Crippen molar-refractivity contribution in [2.24, 2.45) is 0 Å². The summed E-state index contributed by atoms with van der Waals surface area (Å²) in [5.41, 5.74) is 0.879. The van der Waals surface area contributed by atoms with Gasteiger partial charge in [0.25, 0.3) is 0 Å². The fraction of sp³-hybridized carbons (Fsp3) is 0.625. The Bertz CT molecular complexity index is 419. The molecule has 0 radical (unpaired) electrons. The highest BCUT2D eigenvalue weighted by Crippen LogP contribution is 2.28. The predicted molar refractivity (Wildman–Crippen MR) is 77.6 cm³/mol. The molecule has 20 heavy (non-hydrogen) atoms. The van der Waals surface area contributed by atoms with Gasteiger partial charge in [-0.3, -0.25) is 0 Å². The average molecular weight is 281 g/mol. The van der Waals surface area contributed by atoms with E-state index in [0.29, 0.717) is 6.61 Å². The van der Waals surface area contributed by atoms with Gasteiger partial charge in [0, 0.05) is 18.2 Å². The van der Waals surface area contributed by atoms with Crippen molar-refractivity contribution in [3.63, 3.8) is 0 Å². The van der Waals surface area contributed by atoms with E-state index in [-0.39, 0.29) is 18.0 Å². The summed E-state index contributed by atoms with van der Waals surface area (Å²) in [5.74, 6) is 0.537. The summed E-state index contributed by atoms with van der Waals surface area (Å²) >= 11 is 0. The molecule has 0 amide bonds. The minimum absolute atomic E-state index is 0.0742. The Morgan fingerprint density at radius 1 is 1.50 bits per heavy atom. The molecule has 1 aliphatic heterocycles.